The highest BCUT2D eigenvalue weighted by molar-refractivity contribution is 8.00. The van der Waals surface area contributed by atoms with Crippen LogP contribution in [0.5, 0.6) is 0 Å². The number of H-pyrrole nitrogens is 1. The van der Waals surface area contributed by atoms with Gasteiger partial charge < -0.3 is 42.2 Å². The van der Waals surface area contributed by atoms with Gasteiger partial charge in [0.05, 0.1) is 30.8 Å². The van der Waals surface area contributed by atoms with E-state index in [0.717, 1.165) is 37.3 Å². The van der Waals surface area contributed by atoms with Crippen LogP contribution in [0, 0.1) is 5.92 Å². The van der Waals surface area contributed by atoms with E-state index in [4.69, 9.17) is 15.3 Å². The molecule has 3 unspecified atom stereocenters. The second-order valence-corrected chi connectivity index (χ2v) is 10.3. The number of ether oxygens (including phenoxy) is 1. The number of thioether (sulfide) groups is 1. The van der Waals surface area contributed by atoms with E-state index in [9.17, 15) is 9.90 Å². The molecule has 2 fully saturated rings. The fourth-order valence-corrected chi connectivity index (χ4v) is 5.80. The number of aliphatic hydroxyl groups is 1. The van der Waals surface area contributed by atoms with Gasteiger partial charge in [-0.25, -0.2) is 15.0 Å². The van der Waals surface area contributed by atoms with Crippen LogP contribution in [0.1, 0.15) is 66.7 Å². The monoisotopic (exact) mass is 626 g/mol. The van der Waals surface area contributed by atoms with E-state index in [1.165, 1.54) is 12.7 Å². The van der Waals surface area contributed by atoms with Gasteiger partial charge in [-0.3, -0.25) is 14.9 Å². The number of nitrogens with two attached hydrogens (primary N) is 2. The lowest BCUT2D eigenvalue weighted by molar-refractivity contribution is -0.123. The van der Waals surface area contributed by atoms with Gasteiger partial charge in [-0.05, 0) is 26.3 Å². The number of anilines is 1. The average molecular weight is 627 g/mol. The number of carbonyl (C=O) groups is 2. The Balaban J connectivity index is 0.000000849. The summed E-state index contributed by atoms with van der Waals surface area (Å²) in [6.07, 6.45) is 7.01. The van der Waals surface area contributed by atoms with Gasteiger partial charge in [0, 0.05) is 23.3 Å². The molecule has 2 aromatic rings. The molecule has 4 rings (SSSR count). The van der Waals surface area contributed by atoms with Crippen LogP contribution >= 0.6 is 11.8 Å². The highest BCUT2D eigenvalue weighted by atomic mass is 32.2. The largest absolute Gasteiger partial charge is 0.382 e. The van der Waals surface area contributed by atoms with Crippen molar-refractivity contribution in [1.29, 1.82) is 0 Å². The van der Waals surface area contributed by atoms with Gasteiger partial charge in [-0.1, -0.05) is 47.6 Å². The number of aromatic nitrogens is 4. The molecule has 4 heterocycles. The summed E-state index contributed by atoms with van der Waals surface area (Å²) >= 11 is 2.01. The van der Waals surface area contributed by atoms with Crippen LogP contribution in [0.4, 0.5) is 5.82 Å². The quantitative estimate of drug-likeness (QED) is 0.0961. The first kappa shape index (κ1) is 39.9. The van der Waals surface area contributed by atoms with Crippen molar-refractivity contribution in [3.05, 3.63) is 25.1 Å². The third-order valence-corrected chi connectivity index (χ3v) is 7.90. The highest BCUT2D eigenvalue weighted by Gasteiger charge is 2.40. The van der Waals surface area contributed by atoms with Gasteiger partial charge in [-0.15, -0.1) is 0 Å². The second kappa shape index (κ2) is 24.3. The molecule has 246 valence electrons. The molecular formula is C28H54N10O4S. The summed E-state index contributed by atoms with van der Waals surface area (Å²) in [6, 6.07) is 0.987. The number of aliphatic hydroxyl groups excluding tert-OH is 1. The summed E-state index contributed by atoms with van der Waals surface area (Å²) in [4.78, 5) is 34.8. The van der Waals surface area contributed by atoms with Crippen molar-refractivity contribution in [2.45, 2.75) is 90.3 Å². The Kier molecular flexibility index (Phi) is 22.5. The van der Waals surface area contributed by atoms with E-state index in [2.05, 4.69) is 53.5 Å². The van der Waals surface area contributed by atoms with E-state index in [1.807, 2.05) is 46.4 Å². The number of nitrogens with one attached hydrogen (secondary N) is 5. The number of hydrogen-bond donors (Lipinski definition) is 8. The summed E-state index contributed by atoms with van der Waals surface area (Å²) in [5, 5.41) is 22.8. The van der Waals surface area contributed by atoms with E-state index in [0.29, 0.717) is 47.3 Å². The SMILES string of the molecule is C=C1N[C@H]2CSC(CCCCC(=O)NCOCC(CC)C(O)NC)[C@H]2N1.CC.CC.NC=O.Nc1ncnc2nc[nH]c12. The zero-order valence-electron chi connectivity index (χ0n) is 26.6. The molecule has 0 bridgehead atoms. The van der Waals surface area contributed by atoms with E-state index < -0.39 is 6.23 Å². The predicted molar refractivity (Wildman–Crippen MR) is 175 cm³/mol. The minimum atomic E-state index is -0.578. The smallest absolute Gasteiger partial charge is 0.221 e. The number of amides is 2. The number of imidazole rings is 1. The molecule has 0 aliphatic carbocycles. The minimum absolute atomic E-state index is 0.0261. The van der Waals surface area contributed by atoms with Crippen molar-refractivity contribution in [3.63, 3.8) is 0 Å². The van der Waals surface area contributed by atoms with E-state index >= 15 is 0 Å². The summed E-state index contributed by atoms with van der Waals surface area (Å²) in [6.45, 7) is 14.6. The van der Waals surface area contributed by atoms with Crippen molar-refractivity contribution in [3.8, 4) is 0 Å². The number of carbonyl (C=O) groups excluding carboxylic acids is 2. The molecule has 2 aliphatic heterocycles. The normalized spacial score (nSPS) is 19.1. The molecule has 10 N–H and O–H groups in total. The van der Waals surface area contributed by atoms with Crippen molar-refractivity contribution in [2.75, 3.05) is 31.9 Å². The summed E-state index contributed by atoms with van der Waals surface area (Å²) in [5.74, 6) is 2.55. The maximum Gasteiger partial charge on any atom is 0.221 e. The minimum Gasteiger partial charge on any atom is -0.382 e. The van der Waals surface area contributed by atoms with Crippen molar-refractivity contribution >= 4 is 41.1 Å². The third-order valence-electron chi connectivity index (χ3n) is 6.39. The molecule has 0 aromatic carbocycles. The topological polar surface area (TPSA) is 218 Å². The number of nitrogens with zero attached hydrogens (tertiary/aromatic N) is 3. The molecule has 43 heavy (non-hydrogen) atoms. The zero-order chi connectivity index (χ0) is 32.6. The number of fused-ring (bicyclic) bond motifs is 2. The number of rotatable bonds is 12. The van der Waals surface area contributed by atoms with Crippen LogP contribution in [-0.4, -0.2) is 87.1 Å². The fourth-order valence-electron chi connectivity index (χ4n) is 4.26. The van der Waals surface area contributed by atoms with Crippen molar-refractivity contribution in [1.82, 2.24) is 41.2 Å². The standard InChI is InChI=1S/C18H34N4O3S.C5H5N5.2C2H6.CH3NO/c1-4-13(18(24)19-3)9-25-11-20-16(23)8-6-5-7-15-17-14(10-26-15)21-12(2)22-17;6-4-3-5(9-1-7-3)10-2-8-4;2*1-2;2-1-3/h13-15,17-19,21-22,24H,2,4-11H2,1,3H3,(H,20,23);1-2H,(H3,6,7,8,9,10);2*1-2H3;1H,(H2,2,3)/t13?,14-,15?,17-,18?;;;;/m0..../s1. The lowest BCUT2D eigenvalue weighted by Gasteiger charge is -2.20. The van der Waals surface area contributed by atoms with Crippen LogP contribution in [0.25, 0.3) is 11.2 Å². The number of hydrogen-bond acceptors (Lipinski definition) is 12. The van der Waals surface area contributed by atoms with Gasteiger partial charge in [0.25, 0.3) is 0 Å². The van der Waals surface area contributed by atoms with Crippen LogP contribution < -0.4 is 32.7 Å². The Bertz CT molecular complexity index is 1030. The van der Waals surface area contributed by atoms with Crippen LogP contribution in [0.15, 0.2) is 25.1 Å². The zero-order valence-corrected chi connectivity index (χ0v) is 27.4. The molecular weight excluding hydrogens is 572 g/mol. The Labute approximate surface area is 260 Å². The summed E-state index contributed by atoms with van der Waals surface area (Å²) in [5.41, 5.74) is 10.9. The Morgan fingerprint density at radius 3 is 2.58 bits per heavy atom. The Hall–Kier alpha value is -3.14. The third kappa shape index (κ3) is 14.7. The molecule has 2 aliphatic rings. The molecule has 14 nitrogen and oxygen atoms in total. The van der Waals surface area contributed by atoms with E-state index in [1.54, 1.807) is 7.05 Å². The second-order valence-electron chi connectivity index (χ2n) is 9.03. The first-order valence-corrected chi connectivity index (χ1v) is 16.0. The van der Waals surface area contributed by atoms with E-state index in [-0.39, 0.29) is 25.0 Å². The maximum absolute atomic E-state index is 11.9. The molecule has 2 saturated heterocycles. The maximum atomic E-state index is 11.9. The molecule has 0 saturated carbocycles. The van der Waals surface area contributed by atoms with Gasteiger partial charge >= 0.3 is 0 Å². The number of aromatic amines is 1. The van der Waals surface area contributed by atoms with Gasteiger partial charge in [0.2, 0.25) is 12.3 Å². The number of unbranched alkanes of at least 4 members (excludes halogenated alkanes) is 1. The fraction of sp³-hybridized carbons (Fsp3) is 0.679. The molecule has 5 atom stereocenters. The first-order valence-electron chi connectivity index (χ1n) is 14.9. The summed E-state index contributed by atoms with van der Waals surface area (Å²) < 4.78 is 5.47. The summed E-state index contributed by atoms with van der Waals surface area (Å²) in [7, 11) is 1.72. The molecule has 0 spiro atoms. The number of nitrogen functional groups attached to an aromatic ring is 1. The number of primary amides is 1. The van der Waals surface area contributed by atoms with Crippen LogP contribution in [0.2, 0.25) is 0 Å². The lowest BCUT2D eigenvalue weighted by Crippen LogP contribution is -2.37. The average Bonchev–Trinajstić information content (AvgIpc) is 3.75. The van der Waals surface area contributed by atoms with Crippen molar-refractivity contribution < 1.29 is 19.4 Å². The molecule has 0 radical (unpaired) electrons. The Morgan fingerprint density at radius 2 is 1.95 bits per heavy atom. The van der Waals surface area contributed by atoms with Crippen LogP contribution in [-0.2, 0) is 14.3 Å². The van der Waals surface area contributed by atoms with Crippen molar-refractivity contribution in [2.24, 2.45) is 11.7 Å². The molecule has 15 heteroatoms. The molecule has 2 amide bonds. The Morgan fingerprint density at radius 1 is 1.26 bits per heavy atom. The van der Waals surface area contributed by atoms with Gasteiger partial charge in [-0.2, -0.15) is 11.8 Å². The predicted octanol–water partition coefficient (Wildman–Crippen LogP) is 1.81. The van der Waals surface area contributed by atoms with Gasteiger partial charge in [0.1, 0.15) is 24.8 Å². The molecule has 2 aromatic heterocycles. The highest BCUT2D eigenvalue weighted by Crippen LogP contribution is 2.34. The first-order chi connectivity index (χ1) is 20.8. The lowest BCUT2D eigenvalue weighted by atomic mass is 10.0. The van der Waals surface area contributed by atoms with Crippen LogP contribution in [0.3, 0.4) is 0 Å². The van der Waals surface area contributed by atoms with Gasteiger partial charge in [0.15, 0.2) is 11.5 Å².